The van der Waals surface area contributed by atoms with Gasteiger partial charge in [0.1, 0.15) is 0 Å². The molecule has 0 spiro atoms. The highest BCUT2D eigenvalue weighted by Crippen LogP contribution is 2.28. The van der Waals surface area contributed by atoms with Crippen LogP contribution in [0.1, 0.15) is 28.4 Å². The summed E-state index contributed by atoms with van der Waals surface area (Å²) in [6.45, 7) is 3.88. The van der Waals surface area contributed by atoms with Crippen LogP contribution in [0.15, 0.2) is 71.8 Å². The number of hydrogen-bond donors (Lipinski definition) is 2. The SMILES string of the molecule is CCOc1cc(/C=N/NC(=O)c2cccc([N+](=O)[O-])c2)ccc1OCC(=O)Nc1ccccc1C. The number of nitrogens with one attached hydrogen (secondary N) is 2. The summed E-state index contributed by atoms with van der Waals surface area (Å²) >= 11 is 0. The number of hydrazone groups is 1. The zero-order chi connectivity index (χ0) is 25.2. The molecule has 2 N–H and O–H groups in total. The highest BCUT2D eigenvalue weighted by Gasteiger charge is 2.12. The number of aryl methyl sites for hydroxylation is 1. The Morgan fingerprint density at radius 2 is 1.83 bits per heavy atom. The predicted octanol–water partition coefficient (Wildman–Crippen LogP) is 4.08. The molecule has 0 saturated heterocycles. The first kappa shape index (κ1) is 24.9. The number of benzene rings is 3. The van der Waals surface area contributed by atoms with E-state index >= 15 is 0 Å². The number of hydrogen-bond acceptors (Lipinski definition) is 7. The van der Waals surface area contributed by atoms with Crippen molar-refractivity contribution in [3.8, 4) is 11.5 Å². The summed E-state index contributed by atoms with van der Waals surface area (Å²) in [6.07, 6.45) is 1.40. The van der Waals surface area contributed by atoms with Gasteiger partial charge in [0, 0.05) is 23.4 Å². The third-order valence-electron chi connectivity index (χ3n) is 4.74. The average molecular weight is 476 g/mol. The van der Waals surface area contributed by atoms with Gasteiger partial charge in [-0.3, -0.25) is 19.7 Å². The van der Waals surface area contributed by atoms with Gasteiger partial charge < -0.3 is 14.8 Å². The lowest BCUT2D eigenvalue weighted by atomic mass is 10.2. The Morgan fingerprint density at radius 3 is 2.57 bits per heavy atom. The summed E-state index contributed by atoms with van der Waals surface area (Å²) in [7, 11) is 0. The lowest BCUT2D eigenvalue weighted by molar-refractivity contribution is -0.384. The van der Waals surface area contributed by atoms with Crippen LogP contribution in [0.25, 0.3) is 0 Å². The summed E-state index contributed by atoms with van der Waals surface area (Å²) in [5.41, 5.74) is 4.51. The minimum atomic E-state index is -0.588. The van der Waals surface area contributed by atoms with Gasteiger partial charge >= 0.3 is 0 Å². The number of para-hydroxylation sites is 1. The molecule has 0 heterocycles. The minimum absolute atomic E-state index is 0.110. The molecule has 3 aromatic rings. The first-order valence-electron chi connectivity index (χ1n) is 10.7. The van der Waals surface area contributed by atoms with Crippen molar-refractivity contribution in [2.24, 2.45) is 5.10 Å². The van der Waals surface area contributed by atoms with Crippen molar-refractivity contribution < 1.29 is 24.0 Å². The van der Waals surface area contributed by atoms with Crippen LogP contribution < -0.4 is 20.2 Å². The highest BCUT2D eigenvalue weighted by molar-refractivity contribution is 5.95. The molecule has 3 rings (SSSR count). The fraction of sp³-hybridized carbons (Fsp3) is 0.160. The number of nitro benzene ring substituents is 1. The summed E-state index contributed by atoms with van der Waals surface area (Å²) in [4.78, 5) is 34.8. The zero-order valence-corrected chi connectivity index (χ0v) is 19.2. The van der Waals surface area contributed by atoms with Crippen molar-refractivity contribution in [3.63, 3.8) is 0 Å². The second-order valence-electron chi connectivity index (χ2n) is 7.30. The first-order chi connectivity index (χ1) is 16.9. The van der Waals surface area contributed by atoms with Crippen molar-refractivity contribution in [1.82, 2.24) is 5.43 Å². The summed E-state index contributed by atoms with van der Waals surface area (Å²) in [5.74, 6) is -0.111. The quantitative estimate of drug-likeness (QED) is 0.257. The topological polar surface area (TPSA) is 132 Å². The second kappa shape index (κ2) is 11.9. The van der Waals surface area contributed by atoms with Crippen LogP contribution in [-0.2, 0) is 4.79 Å². The molecule has 0 fully saturated rings. The number of nitro groups is 1. The normalized spacial score (nSPS) is 10.6. The Labute approximate surface area is 201 Å². The van der Waals surface area contributed by atoms with Gasteiger partial charge in [-0.05, 0) is 55.3 Å². The van der Waals surface area contributed by atoms with Crippen LogP contribution in [0, 0.1) is 17.0 Å². The van der Waals surface area contributed by atoms with E-state index in [2.05, 4.69) is 15.8 Å². The van der Waals surface area contributed by atoms with E-state index in [1.54, 1.807) is 18.2 Å². The third kappa shape index (κ3) is 7.13. The Bertz CT molecular complexity index is 1260. The van der Waals surface area contributed by atoms with Gasteiger partial charge in [0.05, 0.1) is 17.7 Å². The van der Waals surface area contributed by atoms with E-state index in [9.17, 15) is 19.7 Å². The van der Waals surface area contributed by atoms with Crippen molar-refractivity contribution in [2.75, 3.05) is 18.5 Å². The summed E-state index contributed by atoms with van der Waals surface area (Å²) in [5, 5.41) is 17.6. The van der Waals surface area contributed by atoms with E-state index < -0.39 is 10.8 Å². The van der Waals surface area contributed by atoms with Crippen LogP contribution in [0.5, 0.6) is 11.5 Å². The number of non-ortho nitro benzene ring substituents is 1. The van der Waals surface area contributed by atoms with Gasteiger partial charge in [-0.1, -0.05) is 24.3 Å². The van der Waals surface area contributed by atoms with Crippen LogP contribution in [0.4, 0.5) is 11.4 Å². The number of carbonyl (C=O) groups is 2. The molecular formula is C25H24N4O6. The number of rotatable bonds is 10. The van der Waals surface area contributed by atoms with Crippen LogP contribution in [-0.4, -0.2) is 36.2 Å². The van der Waals surface area contributed by atoms with Crippen LogP contribution in [0.3, 0.4) is 0 Å². The molecule has 35 heavy (non-hydrogen) atoms. The molecule has 0 unspecified atom stereocenters. The largest absolute Gasteiger partial charge is 0.490 e. The molecule has 0 aliphatic carbocycles. The molecule has 180 valence electrons. The zero-order valence-electron chi connectivity index (χ0n) is 19.2. The number of nitrogens with zero attached hydrogens (tertiary/aromatic N) is 2. The maximum atomic E-state index is 12.3. The lowest BCUT2D eigenvalue weighted by Gasteiger charge is -2.13. The smallest absolute Gasteiger partial charge is 0.271 e. The molecule has 0 bridgehead atoms. The van der Waals surface area contributed by atoms with Gasteiger partial charge in [-0.15, -0.1) is 0 Å². The van der Waals surface area contributed by atoms with Gasteiger partial charge in [-0.2, -0.15) is 5.10 Å². The van der Waals surface area contributed by atoms with Gasteiger partial charge in [0.2, 0.25) is 0 Å². The van der Waals surface area contributed by atoms with Gasteiger partial charge in [0.15, 0.2) is 18.1 Å². The van der Waals surface area contributed by atoms with Crippen molar-refractivity contribution in [1.29, 1.82) is 0 Å². The summed E-state index contributed by atoms with van der Waals surface area (Å²) in [6, 6.07) is 17.7. The van der Waals surface area contributed by atoms with Gasteiger partial charge in [0.25, 0.3) is 17.5 Å². The second-order valence-corrected chi connectivity index (χ2v) is 7.30. The molecule has 0 saturated carbocycles. The average Bonchev–Trinajstić information content (AvgIpc) is 2.85. The van der Waals surface area contributed by atoms with Crippen molar-refractivity contribution in [3.05, 3.63) is 93.5 Å². The monoisotopic (exact) mass is 476 g/mol. The van der Waals surface area contributed by atoms with Crippen LogP contribution >= 0.6 is 0 Å². The van der Waals surface area contributed by atoms with Crippen molar-refractivity contribution in [2.45, 2.75) is 13.8 Å². The van der Waals surface area contributed by atoms with Crippen LogP contribution in [0.2, 0.25) is 0 Å². The fourth-order valence-electron chi connectivity index (χ4n) is 3.03. The molecule has 10 heteroatoms. The van der Waals surface area contributed by atoms with E-state index in [1.807, 2.05) is 38.1 Å². The predicted molar refractivity (Wildman–Crippen MR) is 131 cm³/mol. The highest BCUT2D eigenvalue weighted by atomic mass is 16.6. The number of anilines is 1. The molecule has 0 radical (unpaired) electrons. The maximum Gasteiger partial charge on any atom is 0.271 e. The maximum absolute atomic E-state index is 12.3. The van der Waals surface area contributed by atoms with E-state index in [4.69, 9.17) is 9.47 Å². The Morgan fingerprint density at radius 1 is 1.03 bits per heavy atom. The standard InChI is InChI=1S/C25H24N4O6/c1-3-34-23-13-18(15-26-28-25(31)19-8-6-9-20(14-19)29(32)33)11-12-22(23)35-16-24(30)27-21-10-5-4-7-17(21)2/h4-15H,3,16H2,1-2H3,(H,27,30)(H,28,31)/b26-15+. The molecule has 0 aliphatic heterocycles. The Balaban J connectivity index is 1.62. The molecular weight excluding hydrogens is 452 g/mol. The van der Waals surface area contributed by atoms with E-state index in [0.29, 0.717) is 29.4 Å². The lowest BCUT2D eigenvalue weighted by Crippen LogP contribution is -2.20. The molecule has 0 aromatic heterocycles. The van der Waals surface area contributed by atoms with E-state index in [0.717, 1.165) is 5.56 Å². The molecule has 0 atom stereocenters. The molecule has 3 aromatic carbocycles. The van der Waals surface area contributed by atoms with Gasteiger partial charge in [-0.25, -0.2) is 5.43 Å². The number of ether oxygens (including phenoxy) is 2. The number of carbonyl (C=O) groups excluding carboxylic acids is 2. The Kier molecular flexibility index (Phi) is 8.49. The molecule has 0 aliphatic rings. The minimum Gasteiger partial charge on any atom is -0.490 e. The Hall–Kier alpha value is -4.73. The van der Waals surface area contributed by atoms with Crippen molar-refractivity contribution >= 4 is 29.4 Å². The first-order valence-corrected chi connectivity index (χ1v) is 10.7. The van der Waals surface area contributed by atoms with E-state index in [1.165, 1.54) is 30.5 Å². The molecule has 10 nitrogen and oxygen atoms in total. The number of amides is 2. The molecule has 2 amide bonds. The van der Waals surface area contributed by atoms with E-state index in [-0.39, 0.29) is 23.8 Å². The summed E-state index contributed by atoms with van der Waals surface area (Å²) < 4.78 is 11.3. The fourth-order valence-corrected chi connectivity index (χ4v) is 3.03. The third-order valence-corrected chi connectivity index (χ3v) is 4.74.